The molecule has 2 aliphatic heterocycles. The number of likely N-dealkylation sites (N-methyl/N-ethyl adjacent to an activating group) is 1. The molecule has 5 heterocycles. The Morgan fingerprint density at radius 3 is 2.64 bits per heavy atom. The number of rotatable bonds is 16. The summed E-state index contributed by atoms with van der Waals surface area (Å²) in [4.78, 5) is 75.6. The zero-order chi connectivity index (χ0) is 40.8. The molecular formula is C40H42N12O5S. The van der Waals surface area contributed by atoms with Gasteiger partial charge in [-0.1, -0.05) is 18.9 Å². The average molecular weight is 803 g/mol. The maximum atomic E-state index is 13.1. The lowest BCUT2D eigenvalue weighted by Crippen LogP contribution is -2.60. The average Bonchev–Trinajstić information content (AvgIpc) is 3.90. The van der Waals surface area contributed by atoms with Crippen molar-refractivity contribution in [2.75, 3.05) is 49.6 Å². The van der Waals surface area contributed by atoms with Crippen molar-refractivity contribution in [2.24, 2.45) is 0 Å². The first-order valence-electron chi connectivity index (χ1n) is 18.9. The van der Waals surface area contributed by atoms with Gasteiger partial charge in [0.15, 0.2) is 6.29 Å². The summed E-state index contributed by atoms with van der Waals surface area (Å²) in [5.74, 6) is -0.316. The first kappa shape index (κ1) is 39.6. The lowest BCUT2D eigenvalue weighted by molar-refractivity contribution is -0.136. The van der Waals surface area contributed by atoms with Crippen LogP contribution in [0.3, 0.4) is 0 Å². The van der Waals surface area contributed by atoms with E-state index in [9.17, 15) is 29.2 Å². The Labute approximate surface area is 338 Å². The van der Waals surface area contributed by atoms with Crippen molar-refractivity contribution in [3.05, 3.63) is 83.8 Å². The predicted molar refractivity (Wildman–Crippen MR) is 218 cm³/mol. The molecule has 5 N–H and O–H groups in total. The van der Waals surface area contributed by atoms with Crippen molar-refractivity contribution in [1.29, 1.82) is 5.26 Å². The van der Waals surface area contributed by atoms with E-state index in [0.717, 1.165) is 29.8 Å². The smallest absolute Gasteiger partial charge is 0.255 e. The standard InChI is InChI=1S/C40H42N12O5S/c1-3-58-51-23-40(24-51,14-15-41)52-21-27(20-45-52)34-31-13-18-43-35(31)49-39(48-34)46-28-7-5-25(6-8-28)36(55)44-17-4-16-42-29-9-10-30(26(19-29)22-53)38(57)50(2)32-11-12-33(54)47-37(32)56/h5-10,13,18-22,32,42H,3-4,11-12,14,16-17,23-24H2,1-2H3,(H,44,55)(H,47,54,56)(H2,43,46,48,49). The van der Waals surface area contributed by atoms with Crippen LogP contribution >= 0.6 is 11.9 Å². The van der Waals surface area contributed by atoms with Crippen molar-refractivity contribution in [2.45, 2.75) is 44.2 Å². The number of imide groups is 1. The van der Waals surface area contributed by atoms with E-state index in [2.05, 4.69) is 53.6 Å². The third kappa shape index (κ3) is 8.40. The van der Waals surface area contributed by atoms with E-state index in [1.165, 1.54) is 18.0 Å². The van der Waals surface area contributed by atoms with E-state index < -0.39 is 17.9 Å². The fourth-order valence-electron chi connectivity index (χ4n) is 7.10. The van der Waals surface area contributed by atoms with Gasteiger partial charge >= 0.3 is 0 Å². The molecule has 4 amide bonds. The minimum absolute atomic E-state index is 0.131. The molecule has 58 heavy (non-hydrogen) atoms. The van der Waals surface area contributed by atoms with Gasteiger partial charge in [0.1, 0.15) is 17.2 Å². The normalized spacial score (nSPS) is 16.2. The van der Waals surface area contributed by atoms with Crippen LogP contribution in [0.15, 0.2) is 67.1 Å². The Bertz CT molecular complexity index is 2400. The highest BCUT2D eigenvalue weighted by Crippen LogP contribution is 2.38. The van der Waals surface area contributed by atoms with E-state index in [1.807, 2.05) is 23.1 Å². The summed E-state index contributed by atoms with van der Waals surface area (Å²) in [6, 6.07) is 15.2. The summed E-state index contributed by atoms with van der Waals surface area (Å²) in [7, 11) is 1.47. The number of aromatic amines is 1. The first-order valence-corrected chi connectivity index (χ1v) is 19.8. The molecule has 2 aromatic carbocycles. The summed E-state index contributed by atoms with van der Waals surface area (Å²) in [6.45, 7) is 4.46. The van der Waals surface area contributed by atoms with Crippen LogP contribution in [-0.4, -0.2) is 109 Å². The molecule has 298 valence electrons. The number of hydrogen-bond acceptors (Lipinski definition) is 13. The van der Waals surface area contributed by atoms with E-state index in [-0.39, 0.29) is 41.3 Å². The van der Waals surface area contributed by atoms with E-state index >= 15 is 0 Å². The lowest BCUT2D eigenvalue weighted by atomic mass is 9.89. The molecule has 3 aromatic heterocycles. The van der Waals surface area contributed by atoms with E-state index in [4.69, 9.17) is 4.98 Å². The quantitative estimate of drug-likeness (QED) is 0.0411. The molecule has 2 aliphatic rings. The maximum Gasteiger partial charge on any atom is 0.255 e. The van der Waals surface area contributed by atoms with Gasteiger partial charge in [-0.25, -0.2) is 9.29 Å². The second-order valence-corrected chi connectivity index (χ2v) is 15.5. The summed E-state index contributed by atoms with van der Waals surface area (Å²) in [5, 5.41) is 26.7. The molecule has 0 aliphatic carbocycles. The minimum Gasteiger partial charge on any atom is -0.385 e. The molecule has 0 spiro atoms. The van der Waals surface area contributed by atoms with Crippen LogP contribution in [0.25, 0.3) is 22.3 Å². The number of nitrogens with zero attached hydrogens (tertiary/aromatic N) is 7. The molecule has 0 saturated carbocycles. The van der Waals surface area contributed by atoms with Gasteiger partial charge in [-0.2, -0.15) is 15.3 Å². The van der Waals surface area contributed by atoms with E-state index in [0.29, 0.717) is 66.4 Å². The maximum absolute atomic E-state index is 13.1. The highest BCUT2D eigenvalue weighted by molar-refractivity contribution is 7.97. The number of piperidine rings is 1. The van der Waals surface area contributed by atoms with Crippen LogP contribution in [0.2, 0.25) is 0 Å². The summed E-state index contributed by atoms with van der Waals surface area (Å²) < 4.78 is 4.15. The molecular weight excluding hydrogens is 761 g/mol. The number of H-pyrrole nitrogens is 1. The topological polar surface area (TPSA) is 223 Å². The molecule has 5 aromatic rings. The number of nitriles is 1. The first-order chi connectivity index (χ1) is 28.1. The number of fused-ring (bicyclic) bond motifs is 1. The van der Waals surface area contributed by atoms with E-state index in [1.54, 1.807) is 54.5 Å². The summed E-state index contributed by atoms with van der Waals surface area (Å²) >= 11 is 1.76. The Morgan fingerprint density at radius 2 is 1.90 bits per heavy atom. The van der Waals surface area contributed by atoms with Crippen molar-refractivity contribution >= 4 is 70.2 Å². The monoisotopic (exact) mass is 802 g/mol. The van der Waals surface area contributed by atoms with Gasteiger partial charge in [-0.15, -0.1) is 0 Å². The Balaban J connectivity index is 0.911. The predicted octanol–water partition coefficient (Wildman–Crippen LogP) is 4.08. The molecule has 1 unspecified atom stereocenters. The number of aromatic nitrogens is 5. The Kier molecular flexibility index (Phi) is 11.8. The van der Waals surface area contributed by atoms with Gasteiger partial charge in [0.2, 0.25) is 17.8 Å². The number of carbonyl (C=O) groups excluding carboxylic acids is 5. The molecule has 2 saturated heterocycles. The van der Waals surface area contributed by atoms with Gasteiger partial charge < -0.3 is 25.8 Å². The number of anilines is 3. The van der Waals surface area contributed by atoms with Crippen molar-refractivity contribution < 1.29 is 24.0 Å². The van der Waals surface area contributed by atoms with Crippen LogP contribution in [0.4, 0.5) is 17.3 Å². The molecule has 1 atom stereocenters. The molecule has 2 fully saturated rings. The molecule has 18 heteroatoms. The van der Waals surface area contributed by atoms with Crippen molar-refractivity contribution in [3.8, 4) is 17.3 Å². The number of amides is 4. The zero-order valence-corrected chi connectivity index (χ0v) is 32.8. The van der Waals surface area contributed by atoms with Gasteiger partial charge in [-0.05, 0) is 61.4 Å². The number of carbonyl (C=O) groups is 5. The third-order valence-electron chi connectivity index (χ3n) is 10.2. The van der Waals surface area contributed by atoms with Crippen LogP contribution in [0, 0.1) is 11.3 Å². The molecule has 0 radical (unpaired) electrons. The van der Waals surface area contributed by atoms with Crippen LogP contribution in [0.5, 0.6) is 0 Å². The second-order valence-electron chi connectivity index (χ2n) is 14.1. The van der Waals surface area contributed by atoms with Crippen LogP contribution < -0.4 is 21.3 Å². The SMILES string of the molecule is CCSN1CC(CC#N)(n2cc(-c3nc(Nc4ccc(C(=O)NCCCNc5ccc(C(=O)N(C)C6CCC(=O)NC6=O)c(C=O)c5)cc4)nc4[nH]ccc34)cn2)C1. The largest absolute Gasteiger partial charge is 0.385 e. The Morgan fingerprint density at radius 1 is 1.10 bits per heavy atom. The second kappa shape index (κ2) is 17.3. The van der Waals surface area contributed by atoms with Gasteiger partial charge in [0, 0.05) is 91.2 Å². The highest BCUT2D eigenvalue weighted by Gasteiger charge is 2.45. The number of benzene rings is 2. The van der Waals surface area contributed by atoms with Gasteiger partial charge in [-0.3, -0.25) is 34.0 Å². The van der Waals surface area contributed by atoms with Crippen LogP contribution in [-0.2, 0) is 15.1 Å². The van der Waals surface area contributed by atoms with Crippen molar-refractivity contribution in [3.63, 3.8) is 0 Å². The minimum atomic E-state index is -0.802. The summed E-state index contributed by atoms with van der Waals surface area (Å²) in [5.41, 5.74) is 3.87. The zero-order valence-electron chi connectivity index (χ0n) is 31.9. The summed E-state index contributed by atoms with van der Waals surface area (Å²) in [6.07, 6.45) is 7.40. The Hall–Kier alpha value is -6.58. The molecule has 17 nitrogen and oxygen atoms in total. The van der Waals surface area contributed by atoms with Gasteiger partial charge in [0.25, 0.3) is 11.8 Å². The van der Waals surface area contributed by atoms with Gasteiger partial charge in [0.05, 0.1) is 29.9 Å². The number of nitrogens with one attached hydrogen (secondary N) is 5. The molecule has 0 bridgehead atoms. The molecule has 7 rings (SSSR count). The number of aldehydes is 1. The fraction of sp³-hybridized carbons (Fsp3) is 0.325. The fourth-order valence-corrected chi connectivity index (χ4v) is 8.13. The highest BCUT2D eigenvalue weighted by atomic mass is 32.2. The van der Waals surface area contributed by atoms with Crippen molar-refractivity contribution in [1.82, 2.24) is 44.6 Å². The lowest BCUT2D eigenvalue weighted by Gasteiger charge is -2.48. The number of hydrogen-bond donors (Lipinski definition) is 5. The van der Waals surface area contributed by atoms with Crippen LogP contribution in [0.1, 0.15) is 63.7 Å². The third-order valence-corrected chi connectivity index (χ3v) is 11.1.